The third-order valence-electron chi connectivity index (χ3n) is 0.804. The zero-order chi connectivity index (χ0) is 5.98. The van der Waals surface area contributed by atoms with Crippen molar-refractivity contribution in [1.29, 1.82) is 0 Å². The fourth-order valence-corrected chi connectivity index (χ4v) is 0.475. The number of aliphatic hydroxyl groups excluding tert-OH is 1. The molecule has 0 aliphatic carbocycles. The predicted octanol–water partition coefficient (Wildman–Crippen LogP) is 0.475. The van der Waals surface area contributed by atoms with Crippen molar-refractivity contribution in [3.63, 3.8) is 0 Å². The lowest BCUT2D eigenvalue weighted by molar-refractivity contribution is 0.238. The van der Waals surface area contributed by atoms with Gasteiger partial charge in [-0.3, -0.25) is 0 Å². The van der Waals surface area contributed by atoms with Crippen LogP contribution in [-0.2, 0) is 6.61 Å². The molecular formula is C5H7NO2. The summed E-state index contributed by atoms with van der Waals surface area (Å²) >= 11 is 0. The van der Waals surface area contributed by atoms with Crippen LogP contribution in [0, 0.1) is 6.92 Å². The molecule has 1 aromatic rings. The summed E-state index contributed by atoms with van der Waals surface area (Å²) < 4.78 is 4.87. The second-order valence-corrected chi connectivity index (χ2v) is 1.52. The molecule has 8 heavy (non-hydrogen) atoms. The Bertz CT molecular complexity index is 171. The molecule has 1 rings (SSSR count). The molecule has 0 amide bonds. The SMILES string of the molecule is Cc1cnc(CO)o1. The van der Waals surface area contributed by atoms with Crippen molar-refractivity contribution in [2.45, 2.75) is 13.5 Å². The largest absolute Gasteiger partial charge is 0.444 e. The first-order valence-corrected chi connectivity index (χ1v) is 2.35. The van der Waals surface area contributed by atoms with Crippen molar-refractivity contribution in [1.82, 2.24) is 4.98 Å². The summed E-state index contributed by atoms with van der Waals surface area (Å²) in [5.41, 5.74) is 0. The highest BCUT2D eigenvalue weighted by atomic mass is 16.4. The fraction of sp³-hybridized carbons (Fsp3) is 0.400. The molecule has 1 N–H and O–H groups in total. The van der Waals surface area contributed by atoms with E-state index in [4.69, 9.17) is 9.52 Å². The first-order valence-electron chi connectivity index (χ1n) is 2.35. The van der Waals surface area contributed by atoms with Crippen LogP contribution in [0.2, 0.25) is 0 Å². The standard InChI is InChI=1S/C5H7NO2/c1-4-2-6-5(3-7)8-4/h2,7H,3H2,1H3. The lowest BCUT2D eigenvalue weighted by Gasteiger charge is -1.80. The Balaban J connectivity index is 2.84. The van der Waals surface area contributed by atoms with Crippen molar-refractivity contribution in [3.8, 4) is 0 Å². The first kappa shape index (κ1) is 5.31. The Morgan fingerprint density at radius 2 is 2.62 bits per heavy atom. The van der Waals surface area contributed by atoms with Gasteiger partial charge in [0.1, 0.15) is 12.4 Å². The van der Waals surface area contributed by atoms with Gasteiger partial charge in [0.2, 0.25) is 5.89 Å². The third-order valence-corrected chi connectivity index (χ3v) is 0.804. The van der Waals surface area contributed by atoms with Crippen LogP contribution >= 0.6 is 0 Å². The summed E-state index contributed by atoms with van der Waals surface area (Å²) in [4.78, 5) is 3.72. The maximum atomic E-state index is 8.39. The topological polar surface area (TPSA) is 46.3 Å². The molecule has 0 spiro atoms. The minimum atomic E-state index is -0.117. The van der Waals surface area contributed by atoms with Gasteiger partial charge >= 0.3 is 0 Å². The minimum absolute atomic E-state index is 0.117. The van der Waals surface area contributed by atoms with E-state index in [9.17, 15) is 0 Å². The van der Waals surface area contributed by atoms with Crippen molar-refractivity contribution in [2.75, 3.05) is 0 Å². The molecule has 0 unspecified atom stereocenters. The maximum Gasteiger partial charge on any atom is 0.220 e. The Morgan fingerprint density at radius 3 is 2.88 bits per heavy atom. The number of nitrogens with zero attached hydrogens (tertiary/aromatic N) is 1. The molecule has 3 heteroatoms. The van der Waals surface area contributed by atoms with Crippen LogP contribution in [0.15, 0.2) is 10.6 Å². The van der Waals surface area contributed by atoms with Crippen molar-refractivity contribution >= 4 is 0 Å². The van der Waals surface area contributed by atoms with Crippen LogP contribution in [0.4, 0.5) is 0 Å². The molecule has 1 heterocycles. The van der Waals surface area contributed by atoms with Crippen LogP contribution in [0.5, 0.6) is 0 Å². The summed E-state index contributed by atoms with van der Waals surface area (Å²) in [6.45, 7) is 1.67. The van der Waals surface area contributed by atoms with Gasteiger partial charge in [0.25, 0.3) is 0 Å². The summed E-state index contributed by atoms with van der Waals surface area (Å²) in [7, 11) is 0. The minimum Gasteiger partial charge on any atom is -0.444 e. The normalized spacial score (nSPS) is 9.75. The van der Waals surface area contributed by atoms with E-state index < -0.39 is 0 Å². The average molecular weight is 113 g/mol. The molecule has 0 bridgehead atoms. The van der Waals surface area contributed by atoms with E-state index in [2.05, 4.69) is 4.98 Å². The van der Waals surface area contributed by atoms with Gasteiger partial charge < -0.3 is 9.52 Å². The predicted molar refractivity (Wildman–Crippen MR) is 27.2 cm³/mol. The molecule has 0 radical (unpaired) electrons. The average Bonchev–Trinajstić information content (AvgIpc) is 2.14. The fourth-order valence-electron chi connectivity index (χ4n) is 0.475. The Hall–Kier alpha value is -0.830. The van der Waals surface area contributed by atoms with E-state index in [1.807, 2.05) is 0 Å². The van der Waals surface area contributed by atoms with Gasteiger partial charge in [-0.1, -0.05) is 0 Å². The highest BCUT2D eigenvalue weighted by Gasteiger charge is 1.94. The second-order valence-electron chi connectivity index (χ2n) is 1.52. The van der Waals surface area contributed by atoms with Gasteiger partial charge in [0.15, 0.2) is 0 Å². The van der Waals surface area contributed by atoms with Gasteiger partial charge in [0, 0.05) is 0 Å². The molecule has 3 nitrogen and oxygen atoms in total. The monoisotopic (exact) mass is 113 g/mol. The summed E-state index contributed by atoms with van der Waals surface area (Å²) in [5, 5.41) is 8.39. The Labute approximate surface area is 47.0 Å². The zero-order valence-electron chi connectivity index (χ0n) is 4.59. The van der Waals surface area contributed by atoms with E-state index in [1.165, 1.54) is 0 Å². The molecule has 0 fully saturated rings. The zero-order valence-corrected chi connectivity index (χ0v) is 4.59. The van der Waals surface area contributed by atoms with Crippen LogP contribution in [-0.4, -0.2) is 10.1 Å². The van der Waals surface area contributed by atoms with E-state index in [-0.39, 0.29) is 6.61 Å². The maximum absolute atomic E-state index is 8.39. The van der Waals surface area contributed by atoms with Crippen molar-refractivity contribution in [3.05, 3.63) is 17.8 Å². The van der Waals surface area contributed by atoms with E-state index in [0.717, 1.165) is 5.76 Å². The molecule has 0 saturated heterocycles. The van der Waals surface area contributed by atoms with E-state index in [0.29, 0.717) is 5.89 Å². The van der Waals surface area contributed by atoms with Gasteiger partial charge in [0.05, 0.1) is 6.20 Å². The number of rotatable bonds is 1. The number of aromatic nitrogens is 1. The summed E-state index contributed by atoms with van der Waals surface area (Å²) in [6, 6.07) is 0. The van der Waals surface area contributed by atoms with Gasteiger partial charge in [-0.2, -0.15) is 0 Å². The van der Waals surface area contributed by atoms with E-state index >= 15 is 0 Å². The Kier molecular flexibility index (Phi) is 1.30. The summed E-state index contributed by atoms with van der Waals surface area (Å²) in [6.07, 6.45) is 1.57. The summed E-state index contributed by atoms with van der Waals surface area (Å²) in [5.74, 6) is 1.11. The third kappa shape index (κ3) is 0.869. The van der Waals surface area contributed by atoms with E-state index in [1.54, 1.807) is 13.1 Å². The number of hydrogen-bond acceptors (Lipinski definition) is 3. The highest BCUT2D eigenvalue weighted by molar-refractivity contribution is 4.88. The second kappa shape index (κ2) is 1.96. The van der Waals surface area contributed by atoms with Crippen molar-refractivity contribution in [2.24, 2.45) is 0 Å². The lowest BCUT2D eigenvalue weighted by atomic mass is 10.6. The highest BCUT2D eigenvalue weighted by Crippen LogP contribution is 1.99. The molecule has 1 aromatic heterocycles. The first-order chi connectivity index (χ1) is 3.83. The van der Waals surface area contributed by atoms with Gasteiger partial charge in [-0.05, 0) is 6.92 Å². The molecule has 0 aliphatic heterocycles. The quantitative estimate of drug-likeness (QED) is 0.576. The van der Waals surface area contributed by atoms with Crippen LogP contribution in [0.1, 0.15) is 11.7 Å². The van der Waals surface area contributed by atoms with Crippen LogP contribution in [0.25, 0.3) is 0 Å². The molecular weight excluding hydrogens is 106 g/mol. The smallest absolute Gasteiger partial charge is 0.220 e. The van der Waals surface area contributed by atoms with Gasteiger partial charge in [-0.15, -0.1) is 0 Å². The Morgan fingerprint density at radius 1 is 1.88 bits per heavy atom. The number of aryl methyl sites for hydroxylation is 1. The molecule has 44 valence electrons. The molecule has 0 aromatic carbocycles. The lowest BCUT2D eigenvalue weighted by Crippen LogP contribution is -1.78. The van der Waals surface area contributed by atoms with Gasteiger partial charge in [-0.25, -0.2) is 4.98 Å². The molecule has 0 saturated carbocycles. The number of hydrogen-bond donors (Lipinski definition) is 1. The van der Waals surface area contributed by atoms with Crippen LogP contribution in [0.3, 0.4) is 0 Å². The molecule has 0 atom stereocenters. The number of aliphatic hydroxyl groups is 1. The van der Waals surface area contributed by atoms with Crippen molar-refractivity contribution < 1.29 is 9.52 Å². The van der Waals surface area contributed by atoms with Crippen LogP contribution < -0.4 is 0 Å². The molecule has 0 aliphatic rings. The number of oxazole rings is 1.